The number of benzene rings is 1. The third kappa shape index (κ3) is 4.30. The van der Waals surface area contributed by atoms with E-state index in [1.807, 2.05) is 0 Å². The minimum Gasteiger partial charge on any atom is -0.383 e. The first kappa shape index (κ1) is 15.6. The normalized spacial score (nSPS) is 13.1. The zero-order valence-corrected chi connectivity index (χ0v) is 12.0. The van der Waals surface area contributed by atoms with E-state index in [0.717, 1.165) is 0 Å². The minimum atomic E-state index is -3.82. The first-order valence-corrected chi connectivity index (χ1v) is 7.23. The van der Waals surface area contributed by atoms with Crippen LogP contribution < -0.4 is 10.5 Å². The molecule has 1 aromatic carbocycles. The van der Waals surface area contributed by atoms with E-state index in [1.54, 1.807) is 19.9 Å². The summed E-state index contributed by atoms with van der Waals surface area (Å²) in [6, 6.07) is 4.03. The highest BCUT2D eigenvalue weighted by atomic mass is 32.2. The van der Waals surface area contributed by atoms with Crippen LogP contribution in [0.4, 0.5) is 0 Å². The highest BCUT2D eigenvalue weighted by molar-refractivity contribution is 7.89. The van der Waals surface area contributed by atoms with Crippen molar-refractivity contribution < 1.29 is 17.9 Å². The summed E-state index contributed by atoms with van der Waals surface area (Å²) in [5.74, 6) is -0.354. The van der Waals surface area contributed by atoms with E-state index in [-0.39, 0.29) is 22.4 Å². The van der Waals surface area contributed by atoms with Gasteiger partial charge in [0.05, 0.1) is 11.5 Å². The molecule has 0 heterocycles. The highest BCUT2D eigenvalue weighted by Crippen LogP contribution is 2.14. The smallest absolute Gasteiger partial charge is 0.251 e. The molecule has 1 aromatic rings. The Labute approximate surface area is 113 Å². The highest BCUT2D eigenvalue weighted by Gasteiger charge is 2.16. The molecule has 0 fully saturated rings. The maximum absolute atomic E-state index is 12.0. The van der Waals surface area contributed by atoms with Crippen molar-refractivity contribution >= 4 is 15.9 Å². The molecule has 1 amide bonds. The second kappa shape index (κ2) is 6.14. The van der Waals surface area contributed by atoms with Gasteiger partial charge in [0.2, 0.25) is 10.0 Å². The zero-order valence-electron chi connectivity index (χ0n) is 11.1. The number of amides is 1. The fourth-order valence-corrected chi connectivity index (χ4v) is 2.16. The molecule has 0 aromatic heterocycles. The molecule has 6 nitrogen and oxygen atoms in total. The molecule has 1 rings (SSSR count). The van der Waals surface area contributed by atoms with Gasteiger partial charge in [0.15, 0.2) is 0 Å². The van der Waals surface area contributed by atoms with Crippen LogP contribution >= 0.6 is 0 Å². The monoisotopic (exact) mass is 286 g/mol. The van der Waals surface area contributed by atoms with Crippen LogP contribution in [0.2, 0.25) is 0 Å². The van der Waals surface area contributed by atoms with E-state index < -0.39 is 10.0 Å². The van der Waals surface area contributed by atoms with E-state index in [1.165, 1.54) is 19.2 Å². The summed E-state index contributed by atoms with van der Waals surface area (Å²) in [7, 11) is -2.28. The number of rotatable bonds is 5. The van der Waals surface area contributed by atoms with Gasteiger partial charge in [0, 0.05) is 18.7 Å². The fraction of sp³-hybridized carbons (Fsp3) is 0.417. The molecule has 0 spiro atoms. The van der Waals surface area contributed by atoms with Crippen LogP contribution in [-0.2, 0) is 14.8 Å². The number of hydrogen-bond acceptors (Lipinski definition) is 4. The lowest BCUT2D eigenvalue weighted by Gasteiger charge is -2.14. The molecule has 0 bridgehead atoms. The number of ether oxygens (including phenoxy) is 1. The Balaban J connectivity index is 3.03. The molecule has 106 valence electrons. The van der Waals surface area contributed by atoms with Crippen LogP contribution in [-0.4, -0.2) is 34.1 Å². The lowest BCUT2D eigenvalue weighted by molar-refractivity contribution is 0.0904. The third-order valence-corrected chi connectivity index (χ3v) is 3.49. The summed E-state index contributed by atoms with van der Waals surface area (Å²) in [6.45, 7) is 3.89. The van der Waals surface area contributed by atoms with Crippen LogP contribution in [0.15, 0.2) is 23.1 Å². The molecule has 1 unspecified atom stereocenters. The molecule has 3 N–H and O–H groups in total. The molecule has 1 atom stereocenters. The molecule has 0 radical (unpaired) electrons. The van der Waals surface area contributed by atoms with Crippen molar-refractivity contribution in [2.24, 2.45) is 5.14 Å². The standard InChI is InChI=1S/C12H18N2O4S/c1-8-4-5-10(19(13,16)17)6-11(8)12(15)14-9(2)7-18-3/h4-6,9H,7H2,1-3H3,(H,14,15)(H2,13,16,17). The van der Waals surface area contributed by atoms with E-state index in [0.29, 0.717) is 12.2 Å². The number of carbonyl (C=O) groups is 1. The Kier molecular flexibility index (Phi) is 5.04. The summed E-state index contributed by atoms with van der Waals surface area (Å²) >= 11 is 0. The van der Waals surface area contributed by atoms with Gasteiger partial charge in [-0.05, 0) is 31.5 Å². The largest absolute Gasteiger partial charge is 0.383 e. The van der Waals surface area contributed by atoms with Crippen molar-refractivity contribution in [2.75, 3.05) is 13.7 Å². The van der Waals surface area contributed by atoms with Gasteiger partial charge < -0.3 is 10.1 Å². The Morgan fingerprint density at radius 2 is 2.11 bits per heavy atom. The van der Waals surface area contributed by atoms with Gasteiger partial charge in [0.25, 0.3) is 5.91 Å². The summed E-state index contributed by atoms with van der Waals surface area (Å²) in [4.78, 5) is 11.9. The van der Waals surface area contributed by atoms with E-state index in [9.17, 15) is 13.2 Å². The lowest BCUT2D eigenvalue weighted by Crippen LogP contribution is -2.36. The van der Waals surface area contributed by atoms with Crippen LogP contribution in [0.3, 0.4) is 0 Å². The van der Waals surface area contributed by atoms with E-state index in [2.05, 4.69) is 5.32 Å². The van der Waals surface area contributed by atoms with Gasteiger partial charge >= 0.3 is 0 Å². The maximum atomic E-state index is 12.0. The molecule has 19 heavy (non-hydrogen) atoms. The molecule has 0 saturated carbocycles. The number of carbonyl (C=O) groups excluding carboxylic acids is 1. The van der Waals surface area contributed by atoms with Gasteiger partial charge in [-0.15, -0.1) is 0 Å². The Bertz CT molecular complexity index is 569. The quantitative estimate of drug-likeness (QED) is 0.819. The number of methoxy groups -OCH3 is 1. The van der Waals surface area contributed by atoms with E-state index >= 15 is 0 Å². The van der Waals surface area contributed by atoms with Crippen molar-refractivity contribution in [3.05, 3.63) is 29.3 Å². The summed E-state index contributed by atoms with van der Waals surface area (Å²) in [6.07, 6.45) is 0. The molecule has 7 heteroatoms. The van der Waals surface area contributed by atoms with Gasteiger partial charge in [-0.25, -0.2) is 13.6 Å². The third-order valence-electron chi connectivity index (χ3n) is 2.58. The Morgan fingerprint density at radius 3 is 2.63 bits per heavy atom. The van der Waals surface area contributed by atoms with Gasteiger partial charge in [-0.1, -0.05) is 6.07 Å². The second-order valence-corrected chi connectivity index (χ2v) is 5.91. The molecule has 0 aliphatic carbocycles. The van der Waals surface area contributed by atoms with Crippen LogP contribution in [0.25, 0.3) is 0 Å². The van der Waals surface area contributed by atoms with Crippen LogP contribution in [0.1, 0.15) is 22.8 Å². The van der Waals surface area contributed by atoms with Crippen molar-refractivity contribution in [3.63, 3.8) is 0 Å². The number of nitrogens with two attached hydrogens (primary N) is 1. The molecular formula is C12H18N2O4S. The van der Waals surface area contributed by atoms with Crippen LogP contribution in [0, 0.1) is 6.92 Å². The average Bonchev–Trinajstić information content (AvgIpc) is 2.27. The number of aryl methyl sites for hydroxylation is 1. The van der Waals surface area contributed by atoms with Gasteiger partial charge in [-0.3, -0.25) is 4.79 Å². The summed E-state index contributed by atoms with van der Waals surface area (Å²) in [5.41, 5.74) is 0.962. The molecule has 0 saturated heterocycles. The van der Waals surface area contributed by atoms with Crippen molar-refractivity contribution in [3.8, 4) is 0 Å². The first-order valence-electron chi connectivity index (χ1n) is 5.69. The fourth-order valence-electron chi connectivity index (χ4n) is 1.62. The van der Waals surface area contributed by atoms with Gasteiger partial charge in [-0.2, -0.15) is 0 Å². The first-order chi connectivity index (χ1) is 8.75. The SMILES string of the molecule is COCC(C)NC(=O)c1cc(S(N)(=O)=O)ccc1C. The predicted octanol–water partition coefficient (Wildman–Crippen LogP) is 0.407. The van der Waals surface area contributed by atoms with Crippen molar-refractivity contribution in [1.29, 1.82) is 0 Å². The Hall–Kier alpha value is -1.44. The number of hydrogen-bond donors (Lipinski definition) is 2. The predicted molar refractivity (Wildman–Crippen MR) is 71.4 cm³/mol. The molecular weight excluding hydrogens is 268 g/mol. The van der Waals surface area contributed by atoms with Crippen molar-refractivity contribution in [1.82, 2.24) is 5.32 Å². The van der Waals surface area contributed by atoms with E-state index in [4.69, 9.17) is 9.88 Å². The maximum Gasteiger partial charge on any atom is 0.251 e. The average molecular weight is 286 g/mol. The van der Waals surface area contributed by atoms with Crippen LogP contribution in [0.5, 0.6) is 0 Å². The molecule has 0 aliphatic rings. The second-order valence-electron chi connectivity index (χ2n) is 4.35. The lowest BCUT2D eigenvalue weighted by atomic mass is 10.1. The Morgan fingerprint density at radius 1 is 1.47 bits per heavy atom. The summed E-state index contributed by atoms with van der Waals surface area (Å²) < 4.78 is 27.5. The van der Waals surface area contributed by atoms with Crippen molar-refractivity contribution in [2.45, 2.75) is 24.8 Å². The van der Waals surface area contributed by atoms with Gasteiger partial charge in [0.1, 0.15) is 0 Å². The minimum absolute atomic E-state index is 0.0809. The number of nitrogens with one attached hydrogen (secondary N) is 1. The topological polar surface area (TPSA) is 98.5 Å². The number of sulfonamides is 1. The molecule has 0 aliphatic heterocycles. The zero-order chi connectivity index (χ0) is 14.6. The number of primary sulfonamides is 1. The summed E-state index contributed by atoms with van der Waals surface area (Å²) in [5, 5.41) is 7.76.